The van der Waals surface area contributed by atoms with Crippen molar-refractivity contribution in [2.24, 2.45) is 0 Å². The lowest BCUT2D eigenvalue weighted by Crippen LogP contribution is -2.25. The van der Waals surface area contributed by atoms with Crippen LogP contribution in [-0.4, -0.2) is 47.4 Å². The number of ether oxygens (including phenoxy) is 1. The number of nitrogens with zero attached hydrogens (tertiary/aromatic N) is 2. The predicted octanol–water partition coefficient (Wildman–Crippen LogP) is 0.988. The molecule has 0 spiro atoms. The smallest absolute Gasteiger partial charge is 0.183 e. The third-order valence-corrected chi connectivity index (χ3v) is 3.55. The van der Waals surface area contributed by atoms with Crippen LogP contribution in [0.25, 0.3) is 0 Å². The summed E-state index contributed by atoms with van der Waals surface area (Å²) in [6, 6.07) is 0. The molecule has 84 valence electrons. The van der Waals surface area contributed by atoms with Crippen molar-refractivity contribution in [3.63, 3.8) is 0 Å². The summed E-state index contributed by atoms with van der Waals surface area (Å²) < 4.78 is 5.72. The Bertz CT molecular complexity index is 334. The van der Waals surface area contributed by atoms with Crippen molar-refractivity contribution in [1.82, 2.24) is 9.88 Å². The summed E-state index contributed by atoms with van der Waals surface area (Å²) in [5.74, 6) is 0. The molecule has 6 heteroatoms. The molecule has 4 nitrogen and oxygen atoms in total. The number of thiazole rings is 1. The first-order valence-electron chi connectivity index (χ1n) is 4.72. The summed E-state index contributed by atoms with van der Waals surface area (Å²) in [5, 5.41) is 11.6. The molecule has 2 rings (SSSR count). The Morgan fingerprint density at radius 2 is 2.53 bits per heavy atom. The minimum atomic E-state index is -0.399. The van der Waals surface area contributed by atoms with Crippen LogP contribution < -0.4 is 0 Å². The van der Waals surface area contributed by atoms with E-state index in [2.05, 4.69) is 9.88 Å². The number of halogens is 1. The maximum Gasteiger partial charge on any atom is 0.183 e. The van der Waals surface area contributed by atoms with Crippen LogP contribution in [0.3, 0.4) is 0 Å². The van der Waals surface area contributed by atoms with Crippen LogP contribution in [0, 0.1) is 0 Å². The van der Waals surface area contributed by atoms with E-state index in [0.717, 1.165) is 18.8 Å². The zero-order chi connectivity index (χ0) is 10.8. The van der Waals surface area contributed by atoms with Gasteiger partial charge in [0.25, 0.3) is 0 Å². The van der Waals surface area contributed by atoms with Gasteiger partial charge in [-0.3, -0.25) is 4.90 Å². The van der Waals surface area contributed by atoms with Gasteiger partial charge in [-0.15, -0.1) is 11.3 Å². The highest BCUT2D eigenvalue weighted by Gasteiger charge is 2.31. The van der Waals surface area contributed by atoms with Gasteiger partial charge in [0.05, 0.1) is 17.9 Å². The van der Waals surface area contributed by atoms with Crippen LogP contribution in [0.4, 0.5) is 0 Å². The summed E-state index contributed by atoms with van der Waals surface area (Å²) in [7, 11) is 1.62. The van der Waals surface area contributed by atoms with E-state index in [1.54, 1.807) is 7.11 Å². The maximum atomic E-state index is 9.63. The van der Waals surface area contributed by atoms with Crippen molar-refractivity contribution in [2.75, 3.05) is 20.2 Å². The fraction of sp³-hybridized carbons (Fsp3) is 0.667. The number of hydrogen-bond donors (Lipinski definition) is 1. The molecule has 15 heavy (non-hydrogen) atoms. The Kier molecular flexibility index (Phi) is 3.58. The molecule has 1 aliphatic rings. The third-order valence-electron chi connectivity index (χ3n) is 2.52. The Balaban J connectivity index is 1.92. The average Bonchev–Trinajstić information content (AvgIpc) is 2.73. The second kappa shape index (κ2) is 4.76. The van der Waals surface area contributed by atoms with Gasteiger partial charge in [0, 0.05) is 32.1 Å². The van der Waals surface area contributed by atoms with E-state index < -0.39 is 6.10 Å². The Morgan fingerprint density at radius 1 is 1.73 bits per heavy atom. The fourth-order valence-electron chi connectivity index (χ4n) is 1.78. The molecule has 1 aromatic rings. The van der Waals surface area contributed by atoms with Crippen LogP contribution in [0.1, 0.15) is 5.69 Å². The van der Waals surface area contributed by atoms with Crippen molar-refractivity contribution >= 4 is 22.9 Å². The number of aliphatic hydroxyl groups excluding tert-OH is 1. The molecular weight excluding hydrogens is 236 g/mol. The SMILES string of the molecule is CO[C@@H]1CN(Cc2csc(Cl)n2)C[C@H]1O. The van der Waals surface area contributed by atoms with Crippen molar-refractivity contribution < 1.29 is 9.84 Å². The highest BCUT2D eigenvalue weighted by atomic mass is 35.5. The third kappa shape index (κ3) is 2.68. The van der Waals surface area contributed by atoms with E-state index in [1.165, 1.54) is 11.3 Å². The Morgan fingerprint density at radius 3 is 3.07 bits per heavy atom. The second-order valence-electron chi connectivity index (χ2n) is 3.63. The Hall–Kier alpha value is -0.200. The largest absolute Gasteiger partial charge is 0.389 e. The van der Waals surface area contributed by atoms with Gasteiger partial charge < -0.3 is 9.84 Å². The van der Waals surface area contributed by atoms with Crippen molar-refractivity contribution in [1.29, 1.82) is 0 Å². The van der Waals surface area contributed by atoms with E-state index in [4.69, 9.17) is 16.3 Å². The maximum absolute atomic E-state index is 9.63. The van der Waals surface area contributed by atoms with Crippen LogP contribution >= 0.6 is 22.9 Å². The molecule has 0 aromatic carbocycles. The lowest BCUT2D eigenvalue weighted by molar-refractivity contribution is 0.0214. The summed E-state index contributed by atoms with van der Waals surface area (Å²) in [4.78, 5) is 6.29. The minimum Gasteiger partial charge on any atom is -0.389 e. The molecule has 1 N–H and O–H groups in total. The van der Waals surface area contributed by atoms with Crippen molar-refractivity contribution in [3.8, 4) is 0 Å². The predicted molar refractivity (Wildman–Crippen MR) is 59.2 cm³/mol. The van der Waals surface area contributed by atoms with Gasteiger partial charge in [0.15, 0.2) is 4.47 Å². The molecule has 0 saturated carbocycles. The topological polar surface area (TPSA) is 45.6 Å². The number of aliphatic hydroxyl groups is 1. The van der Waals surface area contributed by atoms with E-state index in [0.29, 0.717) is 11.0 Å². The first kappa shape index (κ1) is 11.3. The molecule has 1 fully saturated rings. The van der Waals surface area contributed by atoms with Crippen LogP contribution in [0.5, 0.6) is 0 Å². The fourth-order valence-corrected chi connectivity index (χ4v) is 2.55. The molecule has 0 bridgehead atoms. The zero-order valence-corrected chi connectivity index (χ0v) is 9.96. The van der Waals surface area contributed by atoms with E-state index >= 15 is 0 Å². The van der Waals surface area contributed by atoms with Crippen molar-refractivity contribution in [2.45, 2.75) is 18.8 Å². The first-order valence-corrected chi connectivity index (χ1v) is 5.98. The molecular formula is C9H13ClN2O2S. The van der Waals surface area contributed by atoms with Gasteiger partial charge in [-0.05, 0) is 0 Å². The highest BCUT2D eigenvalue weighted by molar-refractivity contribution is 7.13. The quantitative estimate of drug-likeness (QED) is 0.867. The van der Waals surface area contributed by atoms with Crippen LogP contribution in [0.15, 0.2) is 5.38 Å². The normalized spacial score (nSPS) is 27.4. The lowest BCUT2D eigenvalue weighted by Gasteiger charge is -2.12. The molecule has 1 aromatic heterocycles. The number of aromatic nitrogens is 1. The van der Waals surface area contributed by atoms with E-state index in [9.17, 15) is 5.11 Å². The zero-order valence-electron chi connectivity index (χ0n) is 8.39. The second-order valence-corrected chi connectivity index (χ2v) is 5.07. The van der Waals surface area contributed by atoms with Crippen molar-refractivity contribution in [3.05, 3.63) is 15.5 Å². The van der Waals surface area contributed by atoms with Gasteiger partial charge in [-0.25, -0.2) is 4.98 Å². The summed E-state index contributed by atoms with van der Waals surface area (Å²) in [5.41, 5.74) is 0.953. The van der Waals surface area contributed by atoms with E-state index in [1.807, 2.05) is 5.38 Å². The van der Waals surface area contributed by atoms with E-state index in [-0.39, 0.29) is 6.10 Å². The molecule has 1 aliphatic heterocycles. The molecule has 1 saturated heterocycles. The molecule has 0 radical (unpaired) electrons. The first-order chi connectivity index (χ1) is 7.19. The monoisotopic (exact) mass is 248 g/mol. The molecule has 0 unspecified atom stereocenters. The highest BCUT2D eigenvalue weighted by Crippen LogP contribution is 2.19. The number of β-amino-alcohol motifs (C(OH)–C–C–N with tert-alkyl or cyclic N) is 1. The molecule has 2 atom stereocenters. The number of hydrogen-bond acceptors (Lipinski definition) is 5. The number of likely N-dealkylation sites (tertiary alicyclic amines) is 1. The Labute approximate surface area is 97.4 Å². The van der Waals surface area contributed by atoms with Crippen LogP contribution in [0.2, 0.25) is 4.47 Å². The molecule has 0 amide bonds. The summed E-state index contributed by atoms with van der Waals surface area (Å²) in [6.45, 7) is 2.10. The van der Waals surface area contributed by atoms with Gasteiger partial charge in [-0.1, -0.05) is 11.6 Å². The molecule has 2 heterocycles. The van der Waals surface area contributed by atoms with Gasteiger partial charge in [-0.2, -0.15) is 0 Å². The van der Waals surface area contributed by atoms with Crippen LogP contribution in [-0.2, 0) is 11.3 Å². The van der Waals surface area contributed by atoms with Gasteiger partial charge >= 0.3 is 0 Å². The standard InChI is InChI=1S/C9H13ClN2O2S/c1-14-8-4-12(3-7(8)13)2-6-5-15-9(10)11-6/h5,7-8,13H,2-4H2,1H3/t7-,8-/m1/s1. The average molecular weight is 249 g/mol. The lowest BCUT2D eigenvalue weighted by atomic mass is 10.3. The molecule has 0 aliphatic carbocycles. The van der Waals surface area contributed by atoms with Gasteiger partial charge in [0.2, 0.25) is 0 Å². The number of methoxy groups -OCH3 is 1. The van der Waals surface area contributed by atoms with Gasteiger partial charge in [0.1, 0.15) is 0 Å². The summed E-state index contributed by atoms with van der Waals surface area (Å²) in [6.07, 6.45) is -0.483. The summed E-state index contributed by atoms with van der Waals surface area (Å²) >= 11 is 7.17. The number of rotatable bonds is 3. The minimum absolute atomic E-state index is 0.0842.